The molecule has 0 unspecified atom stereocenters. The number of nitrogens with two attached hydrogens (primary N) is 2. The van der Waals surface area contributed by atoms with E-state index in [-0.39, 0.29) is 6.42 Å². The lowest BCUT2D eigenvalue weighted by atomic mass is 10.1. The molecule has 4 nitrogen and oxygen atoms in total. The fourth-order valence-corrected chi connectivity index (χ4v) is 1.08. The Morgan fingerprint density at radius 1 is 1.38 bits per heavy atom. The molecule has 0 aliphatic carbocycles. The molecule has 0 aliphatic rings. The molecule has 0 aliphatic heterocycles. The van der Waals surface area contributed by atoms with Crippen molar-refractivity contribution in [3.8, 4) is 0 Å². The summed E-state index contributed by atoms with van der Waals surface area (Å²) in [5, 5.41) is 8.45. The number of nitrogen functional groups attached to an aromatic ring is 2. The van der Waals surface area contributed by atoms with Crippen molar-refractivity contribution in [1.82, 2.24) is 0 Å². The molecule has 0 saturated heterocycles. The molecule has 0 radical (unpaired) electrons. The van der Waals surface area contributed by atoms with Crippen molar-refractivity contribution in [3.05, 3.63) is 23.8 Å². The van der Waals surface area contributed by atoms with Crippen LogP contribution in [-0.2, 0) is 11.2 Å². The van der Waals surface area contributed by atoms with Crippen LogP contribution in [0, 0.1) is 0 Å². The number of hydrogen-bond acceptors (Lipinski definition) is 3. The van der Waals surface area contributed by atoms with Crippen molar-refractivity contribution in [2.24, 2.45) is 0 Å². The molecule has 1 aromatic rings. The zero-order chi connectivity index (χ0) is 9.84. The third-order valence-electron chi connectivity index (χ3n) is 1.78. The molecule has 4 heteroatoms. The number of carbonyl (C=O) groups is 1. The number of rotatable bonds is 3. The first-order valence-electron chi connectivity index (χ1n) is 3.95. The van der Waals surface area contributed by atoms with Crippen LogP contribution in [0.3, 0.4) is 0 Å². The smallest absolute Gasteiger partial charge is 0.303 e. The molecule has 0 fully saturated rings. The van der Waals surface area contributed by atoms with Gasteiger partial charge in [-0.1, -0.05) is 6.07 Å². The lowest BCUT2D eigenvalue weighted by Crippen LogP contribution is -2.01. The Balaban J connectivity index is 2.72. The Kier molecular flexibility index (Phi) is 2.74. The van der Waals surface area contributed by atoms with Crippen molar-refractivity contribution in [2.45, 2.75) is 12.8 Å². The van der Waals surface area contributed by atoms with E-state index in [1.807, 2.05) is 0 Å². The van der Waals surface area contributed by atoms with Gasteiger partial charge in [-0.2, -0.15) is 0 Å². The van der Waals surface area contributed by atoms with Crippen LogP contribution in [0.2, 0.25) is 0 Å². The Morgan fingerprint density at radius 2 is 2.08 bits per heavy atom. The van der Waals surface area contributed by atoms with E-state index < -0.39 is 5.97 Å². The van der Waals surface area contributed by atoms with Crippen molar-refractivity contribution in [3.63, 3.8) is 0 Å². The molecule has 0 saturated carbocycles. The summed E-state index contributed by atoms with van der Waals surface area (Å²) in [7, 11) is 0. The summed E-state index contributed by atoms with van der Waals surface area (Å²) in [4.78, 5) is 10.3. The maximum atomic E-state index is 10.3. The molecule has 13 heavy (non-hydrogen) atoms. The Hall–Kier alpha value is -1.71. The van der Waals surface area contributed by atoms with Gasteiger partial charge in [-0.3, -0.25) is 4.79 Å². The Labute approximate surface area is 76.2 Å². The monoisotopic (exact) mass is 180 g/mol. The van der Waals surface area contributed by atoms with Gasteiger partial charge in [0.15, 0.2) is 0 Å². The molecule has 0 spiro atoms. The Morgan fingerprint density at radius 3 is 2.62 bits per heavy atom. The van der Waals surface area contributed by atoms with Crippen LogP contribution >= 0.6 is 0 Å². The summed E-state index contributed by atoms with van der Waals surface area (Å²) in [5.41, 5.74) is 13.1. The zero-order valence-electron chi connectivity index (χ0n) is 7.16. The minimum Gasteiger partial charge on any atom is -0.481 e. The maximum Gasteiger partial charge on any atom is 0.303 e. The summed E-state index contributed by atoms with van der Waals surface area (Å²) in [6.45, 7) is 0. The third-order valence-corrected chi connectivity index (χ3v) is 1.78. The molecule has 0 bridgehead atoms. The molecule has 0 heterocycles. The maximum absolute atomic E-state index is 10.3. The number of hydrogen-bond donors (Lipinski definition) is 3. The predicted molar refractivity (Wildman–Crippen MR) is 51.2 cm³/mol. The number of carboxylic acid groups (broad SMARTS) is 1. The molecule has 70 valence electrons. The molecule has 1 aromatic carbocycles. The van der Waals surface area contributed by atoms with E-state index in [0.717, 1.165) is 5.56 Å². The van der Waals surface area contributed by atoms with Gasteiger partial charge in [-0.15, -0.1) is 0 Å². The first kappa shape index (κ1) is 9.38. The van der Waals surface area contributed by atoms with Gasteiger partial charge in [0.05, 0.1) is 0 Å². The highest BCUT2D eigenvalue weighted by Gasteiger charge is 2.02. The second kappa shape index (κ2) is 3.80. The standard InChI is InChI=1S/C9H12N2O2/c10-7-3-1-6(8(11)5-7)2-4-9(12)13/h1,3,5H,2,4,10-11H2,(H,12,13). The highest BCUT2D eigenvalue weighted by atomic mass is 16.4. The van der Waals surface area contributed by atoms with Crippen LogP contribution in [0.15, 0.2) is 18.2 Å². The number of aryl methyl sites for hydroxylation is 1. The van der Waals surface area contributed by atoms with Crippen LogP contribution in [0.4, 0.5) is 11.4 Å². The summed E-state index contributed by atoms with van der Waals surface area (Å²) in [6.07, 6.45) is 0.537. The number of anilines is 2. The van der Waals surface area contributed by atoms with E-state index in [1.165, 1.54) is 0 Å². The Bertz CT molecular complexity index is 323. The minimum atomic E-state index is -0.823. The first-order valence-corrected chi connectivity index (χ1v) is 3.95. The van der Waals surface area contributed by atoms with Gasteiger partial charge in [-0.05, 0) is 24.1 Å². The van der Waals surface area contributed by atoms with Gasteiger partial charge in [-0.25, -0.2) is 0 Å². The fraction of sp³-hybridized carbons (Fsp3) is 0.222. The van der Waals surface area contributed by atoms with Gasteiger partial charge in [0.25, 0.3) is 0 Å². The number of benzene rings is 1. The van der Waals surface area contributed by atoms with Gasteiger partial charge in [0, 0.05) is 17.8 Å². The molecule has 0 amide bonds. The second-order valence-electron chi connectivity index (χ2n) is 2.85. The van der Waals surface area contributed by atoms with E-state index in [2.05, 4.69) is 0 Å². The van der Waals surface area contributed by atoms with Crippen LogP contribution < -0.4 is 11.5 Å². The fourth-order valence-electron chi connectivity index (χ4n) is 1.08. The molecule has 1 rings (SSSR count). The quantitative estimate of drug-likeness (QED) is 0.602. The molecular formula is C9H12N2O2. The highest BCUT2D eigenvalue weighted by Crippen LogP contribution is 2.16. The number of carboxylic acids is 1. The summed E-state index contributed by atoms with van der Waals surface area (Å²) >= 11 is 0. The topological polar surface area (TPSA) is 89.3 Å². The van der Waals surface area contributed by atoms with E-state index in [4.69, 9.17) is 16.6 Å². The van der Waals surface area contributed by atoms with Crippen molar-refractivity contribution in [1.29, 1.82) is 0 Å². The van der Waals surface area contributed by atoms with E-state index in [0.29, 0.717) is 17.8 Å². The zero-order valence-corrected chi connectivity index (χ0v) is 7.16. The first-order chi connectivity index (χ1) is 6.09. The molecule has 0 aromatic heterocycles. The van der Waals surface area contributed by atoms with E-state index >= 15 is 0 Å². The van der Waals surface area contributed by atoms with E-state index in [1.54, 1.807) is 18.2 Å². The van der Waals surface area contributed by atoms with Crippen molar-refractivity contribution < 1.29 is 9.90 Å². The largest absolute Gasteiger partial charge is 0.481 e. The van der Waals surface area contributed by atoms with Crippen LogP contribution in [0.25, 0.3) is 0 Å². The van der Waals surface area contributed by atoms with Gasteiger partial charge in [0.2, 0.25) is 0 Å². The average molecular weight is 180 g/mol. The molecular weight excluding hydrogens is 168 g/mol. The molecule has 0 atom stereocenters. The summed E-state index contributed by atoms with van der Waals surface area (Å²) in [5.74, 6) is -0.823. The summed E-state index contributed by atoms with van der Waals surface area (Å²) < 4.78 is 0. The minimum absolute atomic E-state index is 0.0914. The highest BCUT2D eigenvalue weighted by molar-refractivity contribution is 5.68. The SMILES string of the molecule is Nc1ccc(CCC(=O)O)c(N)c1. The van der Waals surface area contributed by atoms with Crippen LogP contribution in [0.5, 0.6) is 0 Å². The van der Waals surface area contributed by atoms with Gasteiger partial charge < -0.3 is 16.6 Å². The van der Waals surface area contributed by atoms with Crippen molar-refractivity contribution in [2.75, 3.05) is 11.5 Å². The van der Waals surface area contributed by atoms with Crippen LogP contribution in [-0.4, -0.2) is 11.1 Å². The third kappa shape index (κ3) is 2.66. The lowest BCUT2D eigenvalue weighted by Gasteiger charge is -2.04. The second-order valence-corrected chi connectivity index (χ2v) is 2.85. The van der Waals surface area contributed by atoms with Crippen LogP contribution in [0.1, 0.15) is 12.0 Å². The average Bonchev–Trinajstić information content (AvgIpc) is 2.02. The summed E-state index contributed by atoms with van der Waals surface area (Å²) in [6, 6.07) is 5.11. The predicted octanol–water partition coefficient (Wildman–Crippen LogP) is 0.868. The lowest BCUT2D eigenvalue weighted by molar-refractivity contribution is -0.136. The van der Waals surface area contributed by atoms with Gasteiger partial charge >= 0.3 is 5.97 Å². The van der Waals surface area contributed by atoms with E-state index in [9.17, 15) is 4.79 Å². The normalized spacial score (nSPS) is 9.85. The van der Waals surface area contributed by atoms with Crippen molar-refractivity contribution >= 4 is 17.3 Å². The number of aliphatic carboxylic acids is 1. The van der Waals surface area contributed by atoms with Gasteiger partial charge in [0.1, 0.15) is 0 Å². The molecule has 5 N–H and O–H groups in total.